The number of nitrogens with one attached hydrogen (secondary N) is 2. The van der Waals surface area contributed by atoms with E-state index in [0.717, 1.165) is 0 Å². The number of urea groups is 1. The lowest BCUT2D eigenvalue weighted by Crippen LogP contribution is -2.41. The highest BCUT2D eigenvalue weighted by Crippen LogP contribution is 2.03. The van der Waals surface area contributed by atoms with Crippen LogP contribution in [0, 0.1) is 0 Å². The summed E-state index contributed by atoms with van der Waals surface area (Å²) < 4.78 is 4.51. The largest absolute Gasteiger partial charge is 0.478 e. The van der Waals surface area contributed by atoms with E-state index in [1.54, 1.807) is 0 Å². The van der Waals surface area contributed by atoms with Crippen LogP contribution in [0.15, 0.2) is 22.1 Å². The molecule has 0 atom stereocenters. The molecule has 3 amide bonds. The molecule has 3 N–H and O–H groups in total. The number of hydrogen-bond donors (Lipinski definition) is 3. The molecule has 0 radical (unpaired) electrons. The van der Waals surface area contributed by atoms with Crippen molar-refractivity contribution in [3.8, 4) is 0 Å². The standard InChI is InChI=1S/C11H14N4O5/c1-6(7(2)10(17)18)9(16)14-11(19)12-4-3-8-13-5-20-15-8/h5H,3-4H2,1-2H3,(H,17,18)(H2,12,14,16,19). The number of carboxylic acid groups (broad SMARTS) is 1. The van der Waals surface area contributed by atoms with Gasteiger partial charge in [-0.3, -0.25) is 10.1 Å². The van der Waals surface area contributed by atoms with Gasteiger partial charge in [-0.15, -0.1) is 0 Å². The van der Waals surface area contributed by atoms with Gasteiger partial charge in [0, 0.05) is 24.1 Å². The third-order valence-corrected chi connectivity index (χ3v) is 2.49. The Morgan fingerprint density at radius 2 is 2.00 bits per heavy atom. The van der Waals surface area contributed by atoms with E-state index in [0.29, 0.717) is 12.2 Å². The molecule has 0 saturated carbocycles. The van der Waals surface area contributed by atoms with Crippen molar-refractivity contribution in [1.29, 1.82) is 0 Å². The first-order valence-electron chi connectivity index (χ1n) is 5.67. The minimum atomic E-state index is -1.21. The normalized spacial score (nSPS) is 11.5. The smallest absolute Gasteiger partial charge is 0.331 e. The van der Waals surface area contributed by atoms with Crippen LogP contribution in [0.25, 0.3) is 0 Å². The molecular weight excluding hydrogens is 268 g/mol. The van der Waals surface area contributed by atoms with Gasteiger partial charge in [-0.1, -0.05) is 5.16 Å². The molecule has 20 heavy (non-hydrogen) atoms. The highest BCUT2D eigenvalue weighted by atomic mass is 16.5. The van der Waals surface area contributed by atoms with Crippen LogP contribution in [-0.4, -0.2) is 39.7 Å². The Morgan fingerprint density at radius 1 is 1.30 bits per heavy atom. The molecular formula is C11H14N4O5. The molecule has 0 aromatic carbocycles. The first-order valence-corrected chi connectivity index (χ1v) is 5.67. The zero-order valence-corrected chi connectivity index (χ0v) is 11.0. The second kappa shape index (κ2) is 7.02. The summed E-state index contributed by atoms with van der Waals surface area (Å²) >= 11 is 0. The number of amides is 3. The topological polar surface area (TPSA) is 134 Å². The Labute approximate surface area is 114 Å². The molecule has 1 aromatic rings. The summed E-state index contributed by atoms with van der Waals surface area (Å²) in [5.41, 5.74) is -0.159. The summed E-state index contributed by atoms with van der Waals surface area (Å²) in [5, 5.41) is 16.7. The Bertz CT molecular complexity index is 535. The molecule has 0 saturated heterocycles. The van der Waals surface area contributed by atoms with E-state index in [2.05, 4.69) is 20.0 Å². The third kappa shape index (κ3) is 4.52. The summed E-state index contributed by atoms with van der Waals surface area (Å²) in [6.45, 7) is 2.82. The number of aliphatic carboxylic acids is 1. The molecule has 0 aliphatic heterocycles. The van der Waals surface area contributed by atoms with Gasteiger partial charge in [-0.2, -0.15) is 4.98 Å². The van der Waals surface area contributed by atoms with E-state index < -0.39 is 17.9 Å². The number of carbonyl (C=O) groups excluding carboxylic acids is 2. The van der Waals surface area contributed by atoms with E-state index in [9.17, 15) is 14.4 Å². The molecule has 9 nitrogen and oxygen atoms in total. The van der Waals surface area contributed by atoms with Crippen molar-refractivity contribution in [1.82, 2.24) is 20.8 Å². The fraction of sp³-hybridized carbons (Fsp3) is 0.364. The molecule has 1 heterocycles. The fourth-order valence-electron chi connectivity index (χ4n) is 1.16. The van der Waals surface area contributed by atoms with Crippen molar-refractivity contribution in [3.05, 3.63) is 23.4 Å². The summed E-state index contributed by atoms with van der Waals surface area (Å²) in [4.78, 5) is 37.4. The molecule has 1 aromatic heterocycles. The maximum Gasteiger partial charge on any atom is 0.331 e. The lowest BCUT2D eigenvalue weighted by Gasteiger charge is -2.07. The highest BCUT2D eigenvalue weighted by Gasteiger charge is 2.14. The first kappa shape index (κ1) is 15.3. The van der Waals surface area contributed by atoms with Crippen LogP contribution in [0.4, 0.5) is 4.79 Å². The van der Waals surface area contributed by atoms with Gasteiger partial charge < -0.3 is 14.9 Å². The zero-order valence-electron chi connectivity index (χ0n) is 11.0. The molecule has 108 valence electrons. The number of hydrogen-bond acceptors (Lipinski definition) is 6. The quantitative estimate of drug-likeness (QED) is 0.639. The summed E-state index contributed by atoms with van der Waals surface area (Å²) in [5.74, 6) is -1.55. The Balaban J connectivity index is 2.40. The zero-order chi connectivity index (χ0) is 15.1. The van der Waals surface area contributed by atoms with Gasteiger partial charge in [-0.05, 0) is 13.8 Å². The van der Waals surface area contributed by atoms with Crippen molar-refractivity contribution in [3.63, 3.8) is 0 Å². The van der Waals surface area contributed by atoms with Gasteiger partial charge in [-0.25, -0.2) is 9.59 Å². The second-order valence-corrected chi connectivity index (χ2v) is 3.86. The SMILES string of the molecule is CC(C(=O)O)=C(C)C(=O)NC(=O)NCCc1ncon1. The predicted molar refractivity (Wildman–Crippen MR) is 65.6 cm³/mol. The Hall–Kier alpha value is -2.71. The lowest BCUT2D eigenvalue weighted by molar-refractivity contribution is -0.133. The first-order chi connectivity index (χ1) is 9.41. The van der Waals surface area contributed by atoms with E-state index in [1.807, 2.05) is 5.32 Å². The second-order valence-electron chi connectivity index (χ2n) is 3.86. The molecule has 9 heteroatoms. The van der Waals surface area contributed by atoms with Crippen LogP contribution in [0.2, 0.25) is 0 Å². The van der Waals surface area contributed by atoms with Crippen molar-refractivity contribution >= 4 is 17.9 Å². The molecule has 0 aliphatic rings. The van der Waals surface area contributed by atoms with Gasteiger partial charge in [0.15, 0.2) is 5.82 Å². The van der Waals surface area contributed by atoms with E-state index in [1.165, 1.54) is 20.2 Å². The monoisotopic (exact) mass is 282 g/mol. The van der Waals surface area contributed by atoms with Crippen LogP contribution < -0.4 is 10.6 Å². The molecule has 0 fully saturated rings. The molecule has 1 rings (SSSR count). The average molecular weight is 282 g/mol. The van der Waals surface area contributed by atoms with Crippen LogP contribution in [0.5, 0.6) is 0 Å². The van der Waals surface area contributed by atoms with E-state index in [-0.39, 0.29) is 17.7 Å². The minimum absolute atomic E-state index is 0.0363. The maximum absolute atomic E-state index is 11.6. The summed E-state index contributed by atoms with van der Waals surface area (Å²) in [6.07, 6.45) is 1.52. The Morgan fingerprint density at radius 3 is 2.55 bits per heavy atom. The number of carboxylic acids is 1. The van der Waals surface area contributed by atoms with Gasteiger partial charge >= 0.3 is 12.0 Å². The summed E-state index contributed by atoms with van der Waals surface area (Å²) in [7, 11) is 0. The van der Waals surface area contributed by atoms with Crippen LogP contribution in [0.1, 0.15) is 19.7 Å². The summed E-state index contributed by atoms with van der Waals surface area (Å²) in [6, 6.07) is -0.726. The lowest BCUT2D eigenvalue weighted by atomic mass is 10.1. The van der Waals surface area contributed by atoms with E-state index in [4.69, 9.17) is 5.11 Å². The number of aromatic nitrogens is 2. The van der Waals surface area contributed by atoms with Crippen LogP contribution >= 0.6 is 0 Å². The predicted octanol–water partition coefficient (Wildman–Crippen LogP) is -0.141. The number of rotatable bonds is 5. The van der Waals surface area contributed by atoms with Crippen molar-refractivity contribution in [2.45, 2.75) is 20.3 Å². The highest BCUT2D eigenvalue weighted by molar-refractivity contribution is 6.07. The number of imide groups is 1. The molecule has 0 aliphatic carbocycles. The molecule has 0 spiro atoms. The van der Waals surface area contributed by atoms with Gasteiger partial charge in [0.2, 0.25) is 6.39 Å². The van der Waals surface area contributed by atoms with Crippen molar-refractivity contribution < 1.29 is 24.0 Å². The average Bonchev–Trinajstić information content (AvgIpc) is 2.89. The minimum Gasteiger partial charge on any atom is -0.478 e. The maximum atomic E-state index is 11.6. The van der Waals surface area contributed by atoms with E-state index >= 15 is 0 Å². The van der Waals surface area contributed by atoms with Crippen LogP contribution in [-0.2, 0) is 16.0 Å². The van der Waals surface area contributed by atoms with Gasteiger partial charge in [0.25, 0.3) is 5.91 Å². The van der Waals surface area contributed by atoms with Gasteiger partial charge in [0.1, 0.15) is 0 Å². The van der Waals surface area contributed by atoms with Crippen LogP contribution in [0.3, 0.4) is 0 Å². The molecule has 0 bridgehead atoms. The van der Waals surface area contributed by atoms with Crippen molar-refractivity contribution in [2.75, 3.05) is 6.54 Å². The fourth-order valence-corrected chi connectivity index (χ4v) is 1.16. The van der Waals surface area contributed by atoms with Crippen molar-refractivity contribution in [2.24, 2.45) is 0 Å². The molecule has 0 unspecified atom stereocenters. The third-order valence-electron chi connectivity index (χ3n) is 2.49. The van der Waals surface area contributed by atoms with Gasteiger partial charge in [0.05, 0.1) is 0 Å². The number of carbonyl (C=O) groups is 3. The Kier molecular flexibility index (Phi) is 5.39. The number of nitrogens with zero attached hydrogens (tertiary/aromatic N) is 2.